The van der Waals surface area contributed by atoms with Crippen LogP contribution in [0.5, 0.6) is 0 Å². The van der Waals surface area contributed by atoms with Crippen molar-refractivity contribution in [3.8, 4) is 0 Å². The van der Waals surface area contributed by atoms with Gasteiger partial charge in [-0.25, -0.2) is 0 Å². The van der Waals surface area contributed by atoms with Gasteiger partial charge in [0, 0.05) is 19.3 Å². The molecular weight excluding hydrogens is 913 g/mol. The average molecular weight is 1030 g/mol. The number of hydrogen-bond donors (Lipinski definition) is 0. The highest BCUT2D eigenvalue weighted by molar-refractivity contribution is 5.71. The summed E-state index contributed by atoms with van der Waals surface area (Å²) in [7, 11) is 0. The number of esters is 3. The smallest absolute Gasteiger partial charge is 0.306 e. The number of rotatable bonds is 58. The Morgan fingerprint density at radius 1 is 0.284 bits per heavy atom. The summed E-state index contributed by atoms with van der Waals surface area (Å²) in [6.45, 7) is 6.50. The van der Waals surface area contributed by atoms with E-state index in [0.29, 0.717) is 19.3 Å². The third kappa shape index (κ3) is 59.7. The second kappa shape index (κ2) is 62.4. The van der Waals surface area contributed by atoms with Crippen LogP contribution in [-0.2, 0) is 28.6 Å². The molecule has 0 aromatic rings. The zero-order valence-electron chi connectivity index (χ0n) is 49.1. The Morgan fingerprint density at radius 3 is 0.824 bits per heavy atom. The Bertz CT molecular complexity index is 1370. The van der Waals surface area contributed by atoms with Gasteiger partial charge in [-0.15, -0.1) is 0 Å². The second-order valence-electron chi connectivity index (χ2n) is 21.3. The van der Waals surface area contributed by atoms with E-state index in [1.54, 1.807) is 0 Å². The van der Waals surface area contributed by atoms with Crippen molar-refractivity contribution in [1.82, 2.24) is 0 Å². The van der Waals surface area contributed by atoms with Crippen LogP contribution in [0.15, 0.2) is 72.9 Å². The van der Waals surface area contributed by atoms with Crippen molar-refractivity contribution in [2.24, 2.45) is 0 Å². The molecule has 0 rings (SSSR count). The largest absolute Gasteiger partial charge is 0.462 e. The van der Waals surface area contributed by atoms with Crippen molar-refractivity contribution >= 4 is 17.9 Å². The normalized spacial score (nSPS) is 12.5. The molecule has 0 fully saturated rings. The molecule has 0 aliphatic heterocycles. The topological polar surface area (TPSA) is 78.9 Å². The lowest BCUT2D eigenvalue weighted by Gasteiger charge is -2.18. The summed E-state index contributed by atoms with van der Waals surface area (Å²) in [6, 6.07) is 0. The van der Waals surface area contributed by atoms with Crippen LogP contribution in [0.3, 0.4) is 0 Å². The molecule has 0 aromatic carbocycles. The van der Waals surface area contributed by atoms with E-state index in [1.165, 1.54) is 186 Å². The summed E-state index contributed by atoms with van der Waals surface area (Å²) in [5.74, 6) is -0.872. The monoisotopic (exact) mass is 1030 g/mol. The Hall–Kier alpha value is -3.15. The van der Waals surface area contributed by atoms with Crippen LogP contribution in [0, 0.1) is 0 Å². The fourth-order valence-electron chi connectivity index (χ4n) is 9.21. The van der Waals surface area contributed by atoms with Crippen LogP contribution in [0.2, 0.25) is 0 Å². The van der Waals surface area contributed by atoms with Crippen molar-refractivity contribution in [2.75, 3.05) is 13.2 Å². The van der Waals surface area contributed by atoms with Gasteiger partial charge in [0.25, 0.3) is 0 Å². The Balaban J connectivity index is 4.07. The van der Waals surface area contributed by atoms with Gasteiger partial charge < -0.3 is 14.2 Å². The number of ether oxygens (including phenoxy) is 3. The van der Waals surface area contributed by atoms with Gasteiger partial charge in [0.2, 0.25) is 0 Å². The maximum atomic E-state index is 12.8. The number of carbonyl (C=O) groups excluding carboxylic acids is 3. The van der Waals surface area contributed by atoms with Crippen molar-refractivity contribution in [1.29, 1.82) is 0 Å². The first-order chi connectivity index (χ1) is 36.5. The Labute approximate surface area is 459 Å². The molecule has 0 aliphatic carbocycles. The lowest BCUT2D eigenvalue weighted by molar-refractivity contribution is -0.167. The van der Waals surface area contributed by atoms with Gasteiger partial charge in [-0.05, 0) is 70.6 Å². The minimum absolute atomic E-state index is 0.0729. The Morgan fingerprint density at radius 2 is 0.527 bits per heavy atom. The van der Waals surface area contributed by atoms with Crippen LogP contribution in [0.4, 0.5) is 0 Å². The van der Waals surface area contributed by atoms with E-state index in [-0.39, 0.29) is 31.1 Å². The summed E-state index contributed by atoms with van der Waals surface area (Å²) >= 11 is 0. The van der Waals surface area contributed by atoms with E-state index in [4.69, 9.17) is 14.2 Å². The molecule has 6 nitrogen and oxygen atoms in total. The molecule has 1 atom stereocenters. The third-order valence-corrected chi connectivity index (χ3v) is 14.0. The summed E-state index contributed by atoms with van der Waals surface area (Å²) in [5.41, 5.74) is 0. The zero-order valence-corrected chi connectivity index (χ0v) is 49.1. The lowest BCUT2D eigenvalue weighted by Crippen LogP contribution is -2.30. The molecule has 0 amide bonds. The van der Waals surface area contributed by atoms with Crippen molar-refractivity contribution in [2.45, 2.75) is 329 Å². The van der Waals surface area contributed by atoms with E-state index in [9.17, 15) is 14.4 Å². The molecule has 0 saturated heterocycles. The molecule has 0 spiro atoms. The molecule has 1 unspecified atom stereocenters. The van der Waals surface area contributed by atoms with E-state index in [0.717, 1.165) is 96.3 Å². The number of unbranched alkanes of at least 4 members (excludes halogenated alkanes) is 35. The molecule has 74 heavy (non-hydrogen) atoms. The molecule has 428 valence electrons. The molecule has 0 heterocycles. The van der Waals surface area contributed by atoms with Crippen molar-refractivity contribution in [3.05, 3.63) is 72.9 Å². The zero-order chi connectivity index (χ0) is 53.6. The molecule has 0 radical (unpaired) electrons. The van der Waals surface area contributed by atoms with E-state index in [2.05, 4.69) is 93.7 Å². The van der Waals surface area contributed by atoms with Gasteiger partial charge in [-0.1, -0.05) is 306 Å². The van der Waals surface area contributed by atoms with Crippen molar-refractivity contribution in [3.63, 3.8) is 0 Å². The van der Waals surface area contributed by atoms with Gasteiger partial charge in [-0.2, -0.15) is 0 Å². The molecule has 0 N–H and O–H groups in total. The maximum absolute atomic E-state index is 12.8. The number of hydrogen-bond acceptors (Lipinski definition) is 6. The highest BCUT2D eigenvalue weighted by atomic mass is 16.6. The maximum Gasteiger partial charge on any atom is 0.306 e. The molecule has 0 aromatic heterocycles. The minimum atomic E-state index is -0.772. The summed E-state index contributed by atoms with van der Waals surface area (Å²) in [5, 5.41) is 0. The molecule has 0 bridgehead atoms. The number of carbonyl (C=O) groups is 3. The molecule has 0 aliphatic rings. The first kappa shape index (κ1) is 70.8. The average Bonchev–Trinajstić information content (AvgIpc) is 3.40. The van der Waals surface area contributed by atoms with Crippen LogP contribution < -0.4 is 0 Å². The summed E-state index contributed by atoms with van der Waals surface area (Å²) in [4.78, 5) is 38.0. The predicted octanol–water partition coefficient (Wildman–Crippen LogP) is 21.7. The highest BCUT2D eigenvalue weighted by Gasteiger charge is 2.19. The predicted molar refractivity (Wildman–Crippen MR) is 321 cm³/mol. The summed E-state index contributed by atoms with van der Waals surface area (Å²) in [6.07, 6.45) is 80.9. The van der Waals surface area contributed by atoms with Crippen LogP contribution in [0.25, 0.3) is 0 Å². The Kier molecular flexibility index (Phi) is 59.7. The van der Waals surface area contributed by atoms with E-state index < -0.39 is 6.10 Å². The van der Waals surface area contributed by atoms with Gasteiger partial charge in [0.15, 0.2) is 6.10 Å². The summed E-state index contributed by atoms with van der Waals surface area (Å²) < 4.78 is 16.8. The standard InChI is InChI=1S/C68H120O6/c1-4-7-10-13-16-18-20-22-24-26-28-30-31-32-33-34-35-36-37-39-40-42-44-46-48-50-52-55-58-61-67(70)73-64-65(63-72-66(69)60-57-54-15-12-9-6-3)74-68(71)62-59-56-53-51-49-47-45-43-41-38-29-27-25-23-21-19-17-14-11-8-5-2/h7,10,16,18,22,24,28,30,32-33,35-36,65H,4-6,8-9,11-15,17,19-21,23,25-27,29,31,34,37-64H2,1-3H3/b10-7-,18-16-,24-22-,30-28-,33-32-,36-35-. The fourth-order valence-corrected chi connectivity index (χ4v) is 9.21. The SMILES string of the molecule is CC/C=C\C/C=C\C/C=C\C/C=C\C/C=C\C/C=C\CCCCCCCCCCCCC(=O)OCC(COC(=O)CCCCCCCC)OC(=O)CCCCCCCCCCCCCCCCCCCCCCC. The first-order valence-electron chi connectivity index (χ1n) is 31.9. The first-order valence-corrected chi connectivity index (χ1v) is 31.9. The number of allylic oxidation sites excluding steroid dienone is 12. The van der Waals surface area contributed by atoms with Gasteiger partial charge in [-0.3, -0.25) is 14.4 Å². The van der Waals surface area contributed by atoms with Crippen LogP contribution in [-0.4, -0.2) is 37.2 Å². The van der Waals surface area contributed by atoms with Gasteiger partial charge in [0.05, 0.1) is 0 Å². The molecular formula is C68H120O6. The van der Waals surface area contributed by atoms with Gasteiger partial charge >= 0.3 is 17.9 Å². The van der Waals surface area contributed by atoms with Crippen LogP contribution >= 0.6 is 0 Å². The van der Waals surface area contributed by atoms with E-state index >= 15 is 0 Å². The molecule has 0 saturated carbocycles. The van der Waals surface area contributed by atoms with Crippen molar-refractivity contribution < 1.29 is 28.6 Å². The van der Waals surface area contributed by atoms with E-state index in [1.807, 2.05) is 0 Å². The third-order valence-electron chi connectivity index (χ3n) is 14.0. The highest BCUT2D eigenvalue weighted by Crippen LogP contribution is 2.17. The van der Waals surface area contributed by atoms with Crippen LogP contribution in [0.1, 0.15) is 323 Å². The lowest BCUT2D eigenvalue weighted by atomic mass is 10.0. The molecule has 6 heteroatoms. The minimum Gasteiger partial charge on any atom is -0.462 e. The van der Waals surface area contributed by atoms with Gasteiger partial charge in [0.1, 0.15) is 13.2 Å². The quantitative estimate of drug-likeness (QED) is 0.0261. The fraction of sp³-hybridized carbons (Fsp3) is 0.779. The second-order valence-corrected chi connectivity index (χ2v) is 21.3.